The fraction of sp³-hybridized carbons (Fsp3) is 0.889. The molecule has 0 aromatic carbocycles. The van der Waals surface area contributed by atoms with Crippen molar-refractivity contribution in [2.75, 3.05) is 13.1 Å². The van der Waals surface area contributed by atoms with E-state index in [4.69, 9.17) is 5.11 Å². The Bertz CT molecular complexity index is 159. The standard InChI is InChI=1S/C9H17NO2/c1-2-7-6-10-4-3-8(7)5-9(11)12/h7-8,10H,2-6H2,1H3,(H,11,12)/t7-,8+/m0/s1. The zero-order valence-electron chi connectivity index (χ0n) is 7.55. The largest absolute Gasteiger partial charge is 0.481 e. The van der Waals surface area contributed by atoms with Crippen LogP contribution in [0.25, 0.3) is 0 Å². The highest BCUT2D eigenvalue weighted by Crippen LogP contribution is 2.24. The molecular formula is C9H17NO2. The van der Waals surface area contributed by atoms with E-state index in [1.807, 2.05) is 0 Å². The summed E-state index contributed by atoms with van der Waals surface area (Å²) in [7, 11) is 0. The first-order chi connectivity index (χ1) is 5.74. The monoisotopic (exact) mass is 171 g/mol. The van der Waals surface area contributed by atoms with E-state index in [0.29, 0.717) is 18.3 Å². The zero-order valence-corrected chi connectivity index (χ0v) is 7.55. The van der Waals surface area contributed by atoms with E-state index in [9.17, 15) is 4.79 Å². The third-order valence-electron chi connectivity index (χ3n) is 2.73. The van der Waals surface area contributed by atoms with E-state index < -0.39 is 5.97 Å². The van der Waals surface area contributed by atoms with Gasteiger partial charge in [-0.15, -0.1) is 0 Å². The summed E-state index contributed by atoms with van der Waals surface area (Å²) in [5.41, 5.74) is 0. The van der Waals surface area contributed by atoms with Crippen LogP contribution in [0.15, 0.2) is 0 Å². The summed E-state index contributed by atoms with van der Waals surface area (Å²) in [5.74, 6) is 0.309. The van der Waals surface area contributed by atoms with Gasteiger partial charge >= 0.3 is 5.97 Å². The van der Waals surface area contributed by atoms with Crippen LogP contribution < -0.4 is 5.32 Å². The third-order valence-corrected chi connectivity index (χ3v) is 2.73. The van der Waals surface area contributed by atoms with Crippen LogP contribution in [0.5, 0.6) is 0 Å². The van der Waals surface area contributed by atoms with Crippen LogP contribution >= 0.6 is 0 Å². The third kappa shape index (κ3) is 2.48. The van der Waals surface area contributed by atoms with Gasteiger partial charge in [-0.1, -0.05) is 13.3 Å². The normalized spacial score (nSPS) is 30.1. The van der Waals surface area contributed by atoms with Gasteiger partial charge in [-0.05, 0) is 31.3 Å². The maximum atomic E-state index is 10.5. The van der Waals surface area contributed by atoms with Crippen molar-refractivity contribution in [1.82, 2.24) is 5.32 Å². The second kappa shape index (κ2) is 4.45. The molecule has 0 aromatic rings. The van der Waals surface area contributed by atoms with Crippen molar-refractivity contribution in [3.8, 4) is 0 Å². The number of carboxylic acids is 1. The minimum Gasteiger partial charge on any atom is -0.481 e. The van der Waals surface area contributed by atoms with Gasteiger partial charge in [0.05, 0.1) is 0 Å². The van der Waals surface area contributed by atoms with Crippen molar-refractivity contribution in [2.45, 2.75) is 26.2 Å². The molecule has 0 radical (unpaired) electrons. The Hall–Kier alpha value is -0.570. The maximum absolute atomic E-state index is 10.5. The second-order valence-electron chi connectivity index (χ2n) is 3.52. The number of carboxylic acid groups (broad SMARTS) is 1. The first kappa shape index (κ1) is 9.52. The molecule has 0 bridgehead atoms. The lowest BCUT2D eigenvalue weighted by atomic mass is 9.82. The summed E-state index contributed by atoms with van der Waals surface area (Å²) < 4.78 is 0. The number of carbonyl (C=O) groups is 1. The number of piperidine rings is 1. The minimum atomic E-state index is -0.652. The lowest BCUT2D eigenvalue weighted by Crippen LogP contribution is -2.37. The van der Waals surface area contributed by atoms with Crippen molar-refractivity contribution < 1.29 is 9.90 Å². The minimum absolute atomic E-state index is 0.347. The van der Waals surface area contributed by atoms with Gasteiger partial charge in [0.15, 0.2) is 0 Å². The van der Waals surface area contributed by atoms with Crippen LogP contribution in [0, 0.1) is 11.8 Å². The number of aliphatic carboxylic acids is 1. The summed E-state index contributed by atoms with van der Waals surface area (Å²) >= 11 is 0. The second-order valence-corrected chi connectivity index (χ2v) is 3.52. The van der Waals surface area contributed by atoms with Crippen LogP contribution in [0.1, 0.15) is 26.2 Å². The van der Waals surface area contributed by atoms with Gasteiger partial charge in [-0.3, -0.25) is 4.79 Å². The molecule has 1 aliphatic heterocycles. The molecule has 12 heavy (non-hydrogen) atoms. The quantitative estimate of drug-likeness (QED) is 0.668. The molecule has 1 fully saturated rings. The zero-order chi connectivity index (χ0) is 8.97. The highest BCUT2D eigenvalue weighted by Gasteiger charge is 2.25. The van der Waals surface area contributed by atoms with Crippen molar-refractivity contribution in [3.05, 3.63) is 0 Å². The van der Waals surface area contributed by atoms with Crippen molar-refractivity contribution in [2.24, 2.45) is 11.8 Å². The van der Waals surface area contributed by atoms with E-state index >= 15 is 0 Å². The van der Waals surface area contributed by atoms with E-state index in [1.54, 1.807) is 0 Å². The van der Waals surface area contributed by atoms with Crippen LogP contribution in [0.3, 0.4) is 0 Å². The SMILES string of the molecule is CC[C@H]1CNCC[C@@H]1CC(=O)O. The van der Waals surface area contributed by atoms with E-state index in [1.165, 1.54) is 0 Å². The van der Waals surface area contributed by atoms with Crippen molar-refractivity contribution in [3.63, 3.8) is 0 Å². The van der Waals surface area contributed by atoms with Crippen molar-refractivity contribution >= 4 is 5.97 Å². The Kier molecular flexibility index (Phi) is 3.53. The average Bonchev–Trinajstić information content (AvgIpc) is 2.04. The van der Waals surface area contributed by atoms with E-state index in [-0.39, 0.29) is 0 Å². The first-order valence-corrected chi connectivity index (χ1v) is 4.66. The molecule has 1 aliphatic rings. The molecule has 0 spiro atoms. The molecule has 2 N–H and O–H groups in total. The Morgan fingerprint density at radius 1 is 1.58 bits per heavy atom. The highest BCUT2D eigenvalue weighted by atomic mass is 16.4. The highest BCUT2D eigenvalue weighted by molar-refractivity contribution is 5.67. The van der Waals surface area contributed by atoms with Gasteiger partial charge < -0.3 is 10.4 Å². The van der Waals surface area contributed by atoms with Gasteiger partial charge in [-0.25, -0.2) is 0 Å². The lowest BCUT2D eigenvalue weighted by molar-refractivity contribution is -0.138. The van der Waals surface area contributed by atoms with Crippen LogP contribution in [0.4, 0.5) is 0 Å². The van der Waals surface area contributed by atoms with E-state index in [2.05, 4.69) is 12.2 Å². The van der Waals surface area contributed by atoms with Crippen LogP contribution in [-0.4, -0.2) is 24.2 Å². The fourth-order valence-electron chi connectivity index (χ4n) is 1.95. The predicted molar refractivity (Wildman–Crippen MR) is 47.0 cm³/mol. The van der Waals surface area contributed by atoms with Crippen LogP contribution in [-0.2, 0) is 4.79 Å². The van der Waals surface area contributed by atoms with E-state index in [0.717, 1.165) is 25.9 Å². The Labute approximate surface area is 73.2 Å². The van der Waals surface area contributed by atoms with Gasteiger partial charge in [0.1, 0.15) is 0 Å². The van der Waals surface area contributed by atoms with Crippen molar-refractivity contribution in [1.29, 1.82) is 0 Å². The van der Waals surface area contributed by atoms with Gasteiger partial charge in [0.2, 0.25) is 0 Å². The molecule has 0 aliphatic carbocycles. The molecule has 2 atom stereocenters. The molecule has 1 saturated heterocycles. The maximum Gasteiger partial charge on any atom is 0.303 e. The number of hydrogen-bond donors (Lipinski definition) is 2. The summed E-state index contributed by atoms with van der Waals surface area (Å²) in [5, 5.41) is 12.0. The molecule has 1 heterocycles. The number of rotatable bonds is 3. The molecule has 0 saturated carbocycles. The van der Waals surface area contributed by atoms with Gasteiger partial charge in [0, 0.05) is 6.42 Å². The summed E-state index contributed by atoms with van der Waals surface area (Å²) in [6.07, 6.45) is 2.45. The van der Waals surface area contributed by atoms with Crippen LogP contribution in [0.2, 0.25) is 0 Å². The summed E-state index contributed by atoms with van der Waals surface area (Å²) in [4.78, 5) is 10.5. The van der Waals surface area contributed by atoms with Gasteiger partial charge in [-0.2, -0.15) is 0 Å². The smallest absolute Gasteiger partial charge is 0.303 e. The number of hydrogen-bond acceptors (Lipinski definition) is 2. The topological polar surface area (TPSA) is 49.3 Å². The Morgan fingerprint density at radius 2 is 2.33 bits per heavy atom. The summed E-state index contributed by atoms with van der Waals surface area (Å²) in [6.45, 7) is 4.11. The first-order valence-electron chi connectivity index (χ1n) is 4.66. The molecule has 3 nitrogen and oxygen atoms in total. The molecule has 70 valence electrons. The average molecular weight is 171 g/mol. The molecule has 0 unspecified atom stereocenters. The molecule has 1 rings (SSSR count). The summed E-state index contributed by atoms with van der Waals surface area (Å²) in [6, 6.07) is 0. The molecule has 0 aromatic heterocycles. The number of nitrogens with one attached hydrogen (secondary N) is 1. The fourth-order valence-corrected chi connectivity index (χ4v) is 1.95. The Morgan fingerprint density at radius 3 is 2.92 bits per heavy atom. The molecule has 0 amide bonds. The molecule has 3 heteroatoms. The predicted octanol–water partition coefficient (Wildman–Crippen LogP) is 1.10. The lowest BCUT2D eigenvalue weighted by Gasteiger charge is -2.30. The van der Waals surface area contributed by atoms with Gasteiger partial charge in [0.25, 0.3) is 0 Å². The molecular weight excluding hydrogens is 154 g/mol. The Balaban J connectivity index is 2.41.